The van der Waals surface area contributed by atoms with Crippen molar-refractivity contribution in [2.24, 2.45) is 5.92 Å². The number of ether oxygens (including phenoxy) is 1. The summed E-state index contributed by atoms with van der Waals surface area (Å²) in [5, 5.41) is 3.83. The Morgan fingerprint density at radius 3 is 2.53 bits per heavy atom. The van der Waals surface area contributed by atoms with E-state index in [1.165, 1.54) is 45.2 Å². The molecule has 0 aromatic rings. The lowest BCUT2D eigenvalue weighted by atomic mass is 9.87. The van der Waals surface area contributed by atoms with E-state index in [1.54, 1.807) is 0 Å². The topological polar surface area (TPSA) is 24.5 Å². The smallest absolute Gasteiger partial charge is 0.0615 e. The van der Waals surface area contributed by atoms with Gasteiger partial charge in [0.1, 0.15) is 0 Å². The largest absolute Gasteiger partial charge is 0.383 e. The minimum atomic E-state index is 0.422. The normalized spacial score (nSPS) is 29.2. The van der Waals surface area contributed by atoms with Gasteiger partial charge in [0.15, 0.2) is 0 Å². The molecule has 1 heterocycles. The zero-order chi connectivity index (χ0) is 13.9. The molecule has 1 saturated carbocycles. The molecular weight excluding hydrogens is 236 g/mol. The highest BCUT2D eigenvalue weighted by atomic mass is 16.5. The predicted octanol–water partition coefficient (Wildman–Crippen LogP) is 2.65. The molecule has 2 unspecified atom stereocenters. The third-order valence-corrected chi connectivity index (χ3v) is 4.98. The van der Waals surface area contributed by atoms with Crippen LogP contribution in [0.2, 0.25) is 0 Å². The van der Waals surface area contributed by atoms with E-state index in [1.807, 2.05) is 7.11 Å². The van der Waals surface area contributed by atoms with E-state index >= 15 is 0 Å². The molecule has 0 amide bonds. The Labute approximate surface area is 119 Å². The van der Waals surface area contributed by atoms with Crippen LogP contribution in [0.15, 0.2) is 0 Å². The summed E-state index contributed by atoms with van der Waals surface area (Å²) in [6.07, 6.45) is 6.80. The molecule has 0 radical (unpaired) electrons. The fourth-order valence-corrected chi connectivity index (χ4v) is 4.13. The average Bonchev–Trinajstić information content (AvgIpc) is 2.81. The number of hydrogen-bond donors (Lipinski definition) is 1. The maximum Gasteiger partial charge on any atom is 0.0615 e. The first-order chi connectivity index (χ1) is 9.07. The molecule has 1 spiro atoms. The second-order valence-corrected chi connectivity index (χ2v) is 7.10. The first-order valence-corrected chi connectivity index (χ1v) is 8.06. The number of hydrogen-bond acceptors (Lipinski definition) is 3. The Morgan fingerprint density at radius 1 is 1.26 bits per heavy atom. The van der Waals surface area contributed by atoms with Crippen LogP contribution in [0.4, 0.5) is 0 Å². The number of rotatable bonds is 5. The van der Waals surface area contributed by atoms with Crippen LogP contribution in [-0.2, 0) is 4.74 Å². The minimum Gasteiger partial charge on any atom is -0.383 e. The zero-order valence-corrected chi connectivity index (χ0v) is 13.2. The molecule has 2 aliphatic rings. The summed E-state index contributed by atoms with van der Waals surface area (Å²) in [6, 6.07) is 1.20. The van der Waals surface area contributed by atoms with Crippen LogP contribution < -0.4 is 5.32 Å². The fourth-order valence-electron chi connectivity index (χ4n) is 4.13. The Balaban J connectivity index is 2.05. The highest BCUT2D eigenvalue weighted by Gasteiger charge is 2.45. The Kier molecular flexibility index (Phi) is 5.27. The predicted molar refractivity (Wildman–Crippen MR) is 80.5 cm³/mol. The molecule has 1 aliphatic carbocycles. The molecule has 2 rings (SSSR count). The summed E-state index contributed by atoms with van der Waals surface area (Å²) in [5.74, 6) is 0.773. The monoisotopic (exact) mass is 268 g/mol. The van der Waals surface area contributed by atoms with Crippen molar-refractivity contribution in [3.8, 4) is 0 Å². The SMILES string of the molecule is COCC(C)N1CC(CC(C)C)NCC12CCCC2. The Morgan fingerprint density at radius 2 is 1.95 bits per heavy atom. The summed E-state index contributed by atoms with van der Waals surface area (Å²) in [5.41, 5.74) is 0.422. The van der Waals surface area contributed by atoms with Gasteiger partial charge < -0.3 is 10.1 Å². The molecule has 3 nitrogen and oxygen atoms in total. The van der Waals surface area contributed by atoms with E-state index in [4.69, 9.17) is 4.74 Å². The molecule has 0 aromatic heterocycles. The van der Waals surface area contributed by atoms with Crippen LogP contribution in [0.3, 0.4) is 0 Å². The lowest BCUT2D eigenvalue weighted by Gasteiger charge is -2.51. The second kappa shape index (κ2) is 6.55. The standard InChI is InChI=1S/C16H32N2O/c1-13(2)9-15-10-18(14(3)11-19-4)16(12-17-15)7-5-6-8-16/h13-15,17H,5-12H2,1-4H3. The third-order valence-electron chi connectivity index (χ3n) is 4.98. The average molecular weight is 268 g/mol. The maximum atomic E-state index is 5.41. The van der Waals surface area contributed by atoms with Gasteiger partial charge in [0, 0.05) is 37.8 Å². The fraction of sp³-hybridized carbons (Fsp3) is 1.00. The summed E-state index contributed by atoms with van der Waals surface area (Å²) in [4.78, 5) is 2.77. The molecule has 19 heavy (non-hydrogen) atoms. The van der Waals surface area contributed by atoms with Gasteiger partial charge in [-0.05, 0) is 32.1 Å². The lowest BCUT2D eigenvalue weighted by Crippen LogP contribution is -2.66. The minimum absolute atomic E-state index is 0.422. The summed E-state index contributed by atoms with van der Waals surface area (Å²) in [6.45, 7) is 10.2. The van der Waals surface area contributed by atoms with Crippen LogP contribution in [0.1, 0.15) is 52.9 Å². The number of piperazine rings is 1. The van der Waals surface area contributed by atoms with E-state index in [0.717, 1.165) is 12.5 Å². The van der Waals surface area contributed by atoms with E-state index in [0.29, 0.717) is 17.6 Å². The molecule has 0 bridgehead atoms. The molecular formula is C16H32N2O. The lowest BCUT2D eigenvalue weighted by molar-refractivity contribution is -0.0183. The van der Waals surface area contributed by atoms with Gasteiger partial charge in [0.05, 0.1) is 6.61 Å². The van der Waals surface area contributed by atoms with Crippen LogP contribution in [0, 0.1) is 5.92 Å². The van der Waals surface area contributed by atoms with Crippen molar-refractivity contribution in [2.45, 2.75) is 70.5 Å². The van der Waals surface area contributed by atoms with Crippen LogP contribution >= 0.6 is 0 Å². The van der Waals surface area contributed by atoms with Crippen molar-refractivity contribution in [1.82, 2.24) is 10.2 Å². The molecule has 1 N–H and O–H groups in total. The van der Waals surface area contributed by atoms with Gasteiger partial charge in [-0.25, -0.2) is 0 Å². The van der Waals surface area contributed by atoms with Crippen LogP contribution in [0.5, 0.6) is 0 Å². The van der Waals surface area contributed by atoms with E-state index in [-0.39, 0.29) is 0 Å². The van der Waals surface area contributed by atoms with Crippen molar-refractivity contribution in [3.63, 3.8) is 0 Å². The van der Waals surface area contributed by atoms with Gasteiger partial charge in [-0.3, -0.25) is 4.90 Å². The number of methoxy groups -OCH3 is 1. The number of nitrogens with zero attached hydrogens (tertiary/aromatic N) is 1. The Hall–Kier alpha value is -0.120. The van der Waals surface area contributed by atoms with E-state index in [9.17, 15) is 0 Å². The highest BCUT2D eigenvalue weighted by Crippen LogP contribution is 2.38. The third kappa shape index (κ3) is 3.50. The van der Waals surface area contributed by atoms with Crippen molar-refractivity contribution in [1.29, 1.82) is 0 Å². The van der Waals surface area contributed by atoms with Crippen molar-refractivity contribution >= 4 is 0 Å². The van der Waals surface area contributed by atoms with Gasteiger partial charge >= 0.3 is 0 Å². The molecule has 0 aromatic carbocycles. The molecule has 2 atom stereocenters. The molecule has 1 aliphatic heterocycles. The van der Waals surface area contributed by atoms with Crippen molar-refractivity contribution in [2.75, 3.05) is 26.8 Å². The van der Waals surface area contributed by atoms with Crippen LogP contribution in [0.25, 0.3) is 0 Å². The first-order valence-electron chi connectivity index (χ1n) is 8.06. The Bertz CT molecular complexity index is 274. The summed E-state index contributed by atoms with van der Waals surface area (Å²) >= 11 is 0. The zero-order valence-electron chi connectivity index (χ0n) is 13.2. The second-order valence-electron chi connectivity index (χ2n) is 7.10. The summed E-state index contributed by atoms with van der Waals surface area (Å²) < 4.78 is 5.41. The van der Waals surface area contributed by atoms with E-state index in [2.05, 4.69) is 31.0 Å². The summed E-state index contributed by atoms with van der Waals surface area (Å²) in [7, 11) is 1.83. The van der Waals surface area contributed by atoms with E-state index < -0.39 is 0 Å². The highest BCUT2D eigenvalue weighted by molar-refractivity contribution is 5.03. The van der Waals surface area contributed by atoms with Crippen LogP contribution in [-0.4, -0.2) is 49.3 Å². The maximum absolute atomic E-state index is 5.41. The van der Waals surface area contributed by atoms with Gasteiger partial charge in [-0.1, -0.05) is 26.7 Å². The van der Waals surface area contributed by atoms with Gasteiger partial charge in [-0.2, -0.15) is 0 Å². The molecule has 3 heteroatoms. The van der Waals surface area contributed by atoms with Gasteiger partial charge in [0.2, 0.25) is 0 Å². The van der Waals surface area contributed by atoms with Crippen molar-refractivity contribution in [3.05, 3.63) is 0 Å². The number of nitrogens with one attached hydrogen (secondary N) is 1. The van der Waals surface area contributed by atoms with Gasteiger partial charge in [-0.15, -0.1) is 0 Å². The first kappa shape index (κ1) is 15.3. The molecule has 1 saturated heterocycles. The molecule has 2 fully saturated rings. The van der Waals surface area contributed by atoms with Crippen molar-refractivity contribution < 1.29 is 4.74 Å². The molecule has 112 valence electrons. The quantitative estimate of drug-likeness (QED) is 0.829. The van der Waals surface area contributed by atoms with Gasteiger partial charge in [0.25, 0.3) is 0 Å².